The van der Waals surface area contributed by atoms with Gasteiger partial charge in [-0.05, 0) is 28.4 Å². The molecule has 2 aliphatic heterocycles. The van der Waals surface area contributed by atoms with Gasteiger partial charge in [-0.2, -0.15) is 0 Å². The summed E-state index contributed by atoms with van der Waals surface area (Å²) in [7, 11) is 0. The van der Waals surface area contributed by atoms with Gasteiger partial charge in [-0.15, -0.1) is 11.3 Å². The number of rotatable bonds is 1. The van der Waals surface area contributed by atoms with Crippen molar-refractivity contribution in [2.45, 2.75) is 18.9 Å². The predicted octanol–water partition coefficient (Wildman–Crippen LogP) is 2.37. The summed E-state index contributed by atoms with van der Waals surface area (Å²) in [4.78, 5) is 12.4. The van der Waals surface area contributed by atoms with Crippen molar-refractivity contribution in [1.29, 1.82) is 0 Å². The summed E-state index contributed by atoms with van der Waals surface area (Å²) >= 11 is 5.19. The van der Waals surface area contributed by atoms with Crippen LogP contribution in [-0.4, -0.2) is 29.8 Å². The topological polar surface area (TPSA) is 54.0 Å². The Kier molecular flexibility index (Phi) is 2.92. The molecule has 1 atom stereocenters. The molecule has 2 aliphatic rings. The Bertz CT molecular complexity index is 493. The molecule has 0 saturated heterocycles. The first-order chi connectivity index (χ1) is 8.24. The van der Waals surface area contributed by atoms with Gasteiger partial charge in [0.15, 0.2) is 5.96 Å². The molecule has 1 aromatic rings. The van der Waals surface area contributed by atoms with Crippen LogP contribution in [0.3, 0.4) is 0 Å². The summed E-state index contributed by atoms with van der Waals surface area (Å²) in [6, 6.07) is 2.25. The lowest BCUT2D eigenvalue weighted by Gasteiger charge is -2.33. The largest absolute Gasteiger partial charge is 0.369 e. The van der Waals surface area contributed by atoms with Crippen molar-refractivity contribution in [1.82, 2.24) is 4.90 Å². The van der Waals surface area contributed by atoms with Gasteiger partial charge in [0.25, 0.3) is 0 Å². The monoisotopic (exact) mass is 312 g/mol. The maximum absolute atomic E-state index is 6.01. The third-order valence-corrected chi connectivity index (χ3v) is 4.80. The summed E-state index contributed by atoms with van der Waals surface area (Å²) in [6.07, 6.45) is 1.93. The van der Waals surface area contributed by atoms with E-state index in [1.54, 1.807) is 11.3 Å². The van der Waals surface area contributed by atoms with Crippen molar-refractivity contribution in [3.05, 3.63) is 20.8 Å². The third-order valence-electron chi connectivity index (χ3n) is 3.00. The van der Waals surface area contributed by atoms with Gasteiger partial charge in [0, 0.05) is 34.2 Å². The number of halogens is 1. The fraction of sp³-hybridized carbons (Fsp3) is 0.455. The van der Waals surface area contributed by atoms with Crippen LogP contribution in [0.25, 0.3) is 0 Å². The average Bonchev–Trinajstić information content (AvgIpc) is 2.76. The minimum atomic E-state index is 0.138. The van der Waals surface area contributed by atoms with E-state index >= 15 is 0 Å². The number of nitrogens with zero attached hydrogens (tertiary/aromatic N) is 3. The maximum atomic E-state index is 6.01. The van der Waals surface area contributed by atoms with Crippen molar-refractivity contribution >= 4 is 39.1 Å². The Morgan fingerprint density at radius 1 is 1.53 bits per heavy atom. The van der Waals surface area contributed by atoms with Crippen LogP contribution in [0.5, 0.6) is 0 Å². The van der Waals surface area contributed by atoms with Gasteiger partial charge in [0.2, 0.25) is 0 Å². The van der Waals surface area contributed by atoms with Crippen molar-refractivity contribution in [2.75, 3.05) is 13.1 Å². The molecule has 0 spiro atoms. The van der Waals surface area contributed by atoms with E-state index in [-0.39, 0.29) is 6.04 Å². The highest BCUT2D eigenvalue weighted by Gasteiger charge is 2.28. The molecule has 90 valence electrons. The molecular formula is C11H13BrN4S. The Labute approximate surface area is 112 Å². The van der Waals surface area contributed by atoms with E-state index in [4.69, 9.17) is 5.73 Å². The summed E-state index contributed by atoms with van der Waals surface area (Å²) in [5, 5.41) is 2.08. The molecule has 0 amide bonds. The second-order valence-corrected chi connectivity index (χ2v) is 6.04. The van der Waals surface area contributed by atoms with Gasteiger partial charge in [-0.3, -0.25) is 4.99 Å². The van der Waals surface area contributed by atoms with Crippen molar-refractivity contribution in [2.24, 2.45) is 15.7 Å². The normalized spacial score (nSPS) is 24.1. The van der Waals surface area contributed by atoms with Crippen molar-refractivity contribution in [3.8, 4) is 0 Å². The lowest BCUT2D eigenvalue weighted by Crippen LogP contribution is -2.48. The fourth-order valence-corrected chi connectivity index (χ4v) is 3.67. The fourth-order valence-electron chi connectivity index (χ4n) is 2.19. The summed E-state index contributed by atoms with van der Waals surface area (Å²) in [5.74, 6) is 1.71. The molecule has 17 heavy (non-hydrogen) atoms. The van der Waals surface area contributed by atoms with Gasteiger partial charge in [0.05, 0.1) is 6.04 Å². The van der Waals surface area contributed by atoms with Gasteiger partial charge in [-0.25, -0.2) is 4.99 Å². The number of nitrogens with two attached hydrogens (primary N) is 1. The summed E-state index contributed by atoms with van der Waals surface area (Å²) in [5.41, 5.74) is 6.01. The van der Waals surface area contributed by atoms with Crippen molar-refractivity contribution in [3.63, 3.8) is 0 Å². The van der Waals surface area contributed by atoms with E-state index in [1.807, 2.05) is 4.90 Å². The van der Waals surface area contributed by atoms with E-state index in [2.05, 4.69) is 37.4 Å². The standard InChI is InChI=1S/C11H13BrN4S/c12-7-4-9(17-6-7)8-5-10-14-2-1-3-16(10)11(13)15-8/h4,6,8H,1-3,5H2,(H2,13,15)/t8-/m0/s1. The lowest BCUT2D eigenvalue weighted by molar-refractivity contribution is 0.495. The van der Waals surface area contributed by atoms with E-state index in [0.29, 0.717) is 5.96 Å². The number of hydrogen-bond donors (Lipinski definition) is 1. The van der Waals surface area contributed by atoms with Gasteiger partial charge in [-0.1, -0.05) is 0 Å². The number of amidine groups is 1. The molecule has 3 rings (SSSR count). The molecule has 1 aromatic heterocycles. The van der Waals surface area contributed by atoms with Crippen LogP contribution in [0.4, 0.5) is 0 Å². The Hall–Kier alpha value is -0.880. The molecule has 0 radical (unpaired) electrons. The smallest absolute Gasteiger partial charge is 0.197 e. The third kappa shape index (κ3) is 2.11. The number of hydrogen-bond acceptors (Lipinski definition) is 5. The van der Waals surface area contributed by atoms with Crippen LogP contribution >= 0.6 is 27.3 Å². The van der Waals surface area contributed by atoms with Crippen molar-refractivity contribution < 1.29 is 0 Å². The average molecular weight is 313 g/mol. The van der Waals surface area contributed by atoms with Gasteiger partial charge < -0.3 is 10.6 Å². The molecule has 0 saturated carbocycles. The highest BCUT2D eigenvalue weighted by Crippen LogP contribution is 2.33. The molecule has 0 bridgehead atoms. The van der Waals surface area contributed by atoms with Gasteiger partial charge >= 0.3 is 0 Å². The molecule has 0 aromatic carbocycles. The maximum Gasteiger partial charge on any atom is 0.197 e. The van der Waals surface area contributed by atoms with Crippen LogP contribution in [0.2, 0.25) is 0 Å². The number of thiophene rings is 1. The molecule has 0 aliphatic carbocycles. The second-order valence-electron chi connectivity index (χ2n) is 4.18. The molecular weight excluding hydrogens is 300 g/mol. The molecule has 0 unspecified atom stereocenters. The van der Waals surface area contributed by atoms with Crippen LogP contribution < -0.4 is 5.73 Å². The van der Waals surface area contributed by atoms with E-state index in [9.17, 15) is 0 Å². The predicted molar refractivity (Wildman–Crippen MR) is 74.6 cm³/mol. The van der Waals surface area contributed by atoms with Gasteiger partial charge in [0.1, 0.15) is 5.84 Å². The first kappa shape index (κ1) is 11.2. The Morgan fingerprint density at radius 3 is 3.18 bits per heavy atom. The number of aliphatic imine (C=N–C) groups is 2. The minimum Gasteiger partial charge on any atom is -0.369 e. The molecule has 0 fully saturated rings. The van der Waals surface area contributed by atoms with E-state index < -0.39 is 0 Å². The molecule has 3 heterocycles. The zero-order valence-corrected chi connectivity index (χ0v) is 11.7. The molecule has 6 heteroatoms. The quantitative estimate of drug-likeness (QED) is 0.865. The van der Waals surface area contributed by atoms with Crippen LogP contribution in [0, 0.1) is 0 Å². The lowest BCUT2D eigenvalue weighted by atomic mass is 10.1. The Balaban J connectivity index is 1.92. The van der Waals surface area contributed by atoms with E-state index in [0.717, 1.165) is 36.2 Å². The van der Waals surface area contributed by atoms with Crippen LogP contribution in [-0.2, 0) is 0 Å². The highest BCUT2D eigenvalue weighted by atomic mass is 79.9. The highest BCUT2D eigenvalue weighted by molar-refractivity contribution is 9.10. The zero-order valence-electron chi connectivity index (χ0n) is 9.27. The minimum absolute atomic E-state index is 0.138. The van der Waals surface area contributed by atoms with Crippen LogP contribution in [0.1, 0.15) is 23.8 Å². The second kappa shape index (κ2) is 4.42. The number of guanidine groups is 1. The van der Waals surface area contributed by atoms with Crippen LogP contribution in [0.15, 0.2) is 25.9 Å². The first-order valence-electron chi connectivity index (χ1n) is 5.62. The SMILES string of the molecule is NC1=N[C@H](c2cc(Br)cs2)CC2=NCCCN12. The summed E-state index contributed by atoms with van der Waals surface area (Å²) in [6.45, 7) is 1.87. The summed E-state index contributed by atoms with van der Waals surface area (Å²) < 4.78 is 1.11. The molecule has 2 N–H and O–H groups in total. The molecule has 4 nitrogen and oxygen atoms in total. The Morgan fingerprint density at radius 2 is 2.41 bits per heavy atom. The number of fused-ring (bicyclic) bond motifs is 1. The zero-order chi connectivity index (χ0) is 11.8. The first-order valence-corrected chi connectivity index (χ1v) is 7.29. The van der Waals surface area contributed by atoms with E-state index in [1.165, 1.54) is 4.88 Å².